The second kappa shape index (κ2) is 9.18. The summed E-state index contributed by atoms with van der Waals surface area (Å²) in [5.74, 6) is -1.20. The maximum atomic E-state index is 13.0. The van der Waals surface area contributed by atoms with E-state index in [0.29, 0.717) is 34.6 Å². The zero-order chi connectivity index (χ0) is 21.3. The van der Waals surface area contributed by atoms with Gasteiger partial charge in [0.1, 0.15) is 11.3 Å². The van der Waals surface area contributed by atoms with Gasteiger partial charge in [-0.15, -0.1) is 11.3 Å². The van der Waals surface area contributed by atoms with Gasteiger partial charge in [0.2, 0.25) is 0 Å². The van der Waals surface area contributed by atoms with Crippen molar-refractivity contribution >= 4 is 88.3 Å². The first-order valence-electron chi connectivity index (χ1n) is 7.88. The van der Waals surface area contributed by atoms with Crippen molar-refractivity contribution in [1.29, 1.82) is 0 Å². The number of anilines is 1. The fourth-order valence-corrected chi connectivity index (χ4v) is 6.64. The number of rotatable bonds is 5. The fraction of sp³-hybridized carbons (Fsp3) is 0.0526. The molecule has 2 aromatic carbocycles. The number of aromatic carboxylic acids is 1. The molecule has 10 heteroatoms. The lowest BCUT2D eigenvalue weighted by Crippen LogP contribution is -2.15. The number of carboxylic acids is 1. The SMILES string of the molecule is COc1c(Br)cc(Br)c(C(=O)Nc2csc(-c3cccc(Cl)c3)c2C(=O)O)c1Br. The number of amides is 1. The Bertz CT molecular complexity index is 1130. The third kappa shape index (κ3) is 4.54. The summed E-state index contributed by atoms with van der Waals surface area (Å²) in [7, 11) is 1.49. The molecule has 1 heterocycles. The number of carbonyl (C=O) groups is 2. The standard InChI is InChI=1S/C19H11Br3ClNO4S/c1-28-16-11(21)6-10(20)13(15(16)22)18(25)24-12-7-29-17(14(12)19(26)27)8-3-2-4-9(23)5-8/h2-7H,1H3,(H,24,25)(H,26,27). The summed E-state index contributed by atoms with van der Waals surface area (Å²) >= 11 is 17.4. The minimum atomic E-state index is -1.15. The Hall–Kier alpha value is -1.39. The van der Waals surface area contributed by atoms with Crippen LogP contribution in [0.15, 0.2) is 49.1 Å². The van der Waals surface area contributed by atoms with E-state index in [4.69, 9.17) is 16.3 Å². The highest BCUT2D eigenvalue weighted by atomic mass is 79.9. The van der Waals surface area contributed by atoms with Crippen molar-refractivity contribution in [3.63, 3.8) is 0 Å². The van der Waals surface area contributed by atoms with Crippen molar-refractivity contribution in [2.45, 2.75) is 0 Å². The molecule has 0 aliphatic heterocycles. The molecule has 2 N–H and O–H groups in total. The van der Waals surface area contributed by atoms with Crippen molar-refractivity contribution in [1.82, 2.24) is 0 Å². The van der Waals surface area contributed by atoms with Crippen LogP contribution in [0.25, 0.3) is 10.4 Å². The minimum absolute atomic E-state index is 0.00179. The van der Waals surface area contributed by atoms with Gasteiger partial charge >= 0.3 is 5.97 Å². The summed E-state index contributed by atoms with van der Waals surface area (Å²) in [5, 5.41) is 14.5. The molecular formula is C19H11Br3ClNO4S. The minimum Gasteiger partial charge on any atom is -0.494 e. The van der Waals surface area contributed by atoms with Crippen LogP contribution in [0.2, 0.25) is 5.02 Å². The van der Waals surface area contributed by atoms with E-state index < -0.39 is 11.9 Å². The van der Waals surface area contributed by atoms with E-state index in [2.05, 4.69) is 53.1 Å². The normalized spacial score (nSPS) is 10.7. The predicted molar refractivity (Wildman–Crippen MR) is 126 cm³/mol. The number of methoxy groups -OCH3 is 1. The molecule has 0 saturated heterocycles. The van der Waals surface area contributed by atoms with Crippen molar-refractivity contribution in [3.05, 3.63) is 65.3 Å². The van der Waals surface area contributed by atoms with Crippen molar-refractivity contribution in [2.24, 2.45) is 0 Å². The largest absolute Gasteiger partial charge is 0.494 e. The average Bonchev–Trinajstić information content (AvgIpc) is 3.05. The van der Waals surface area contributed by atoms with Gasteiger partial charge in [-0.05, 0) is 71.6 Å². The summed E-state index contributed by atoms with van der Waals surface area (Å²) in [6.45, 7) is 0. The first kappa shape index (κ1) is 22.3. The van der Waals surface area contributed by atoms with Gasteiger partial charge in [-0.25, -0.2) is 4.79 Å². The second-order valence-corrected chi connectivity index (χ2v) is 9.50. The van der Waals surface area contributed by atoms with Crippen LogP contribution in [0, 0.1) is 0 Å². The van der Waals surface area contributed by atoms with Gasteiger partial charge in [0.25, 0.3) is 5.91 Å². The molecule has 5 nitrogen and oxygen atoms in total. The molecule has 0 saturated carbocycles. The highest BCUT2D eigenvalue weighted by molar-refractivity contribution is 9.11. The second-order valence-electron chi connectivity index (χ2n) is 5.69. The van der Waals surface area contributed by atoms with Crippen LogP contribution >= 0.6 is 70.7 Å². The van der Waals surface area contributed by atoms with Gasteiger partial charge < -0.3 is 15.2 Å². The number of halogens is 4. The molecule has 1 aromatic heterocycles. The van der Waals surface area contributed by atoms with Crippen molar-refractivity contribution < 1.29 is 19.4 Å². The maximum absolute atomic E-state index is 13.0. The monoisotopic (exact) mass is 621 g/mol. The fourth-order valence-electron chi connectivity index (χ4n) is 2.66. The topological polar surface area (TPSA) is 75.6 Å². The first-order chi connectivity index (χ1) is 13.7. The summed E-state index contributed by atoms with van der Waals surface area (Å²) in [6.07, 6.45) is 0. The van der Waals surface area contributed by atoms with E-state index in [1.165, 1.54) is 18.4 Å². The smallest absolute Gasteiger partial charge is 0.339 e. The number of benzene rings is 2. The van der Waals surface area contributed by atoms with E-state index in [-0.39, 0.29) is 16.8 Å². The Kier molecular flexibility index (Phi) is 7.06. The Morgan fingerprint density at radius 3 is 2.48 bits per heavy atom. The highest BCUT2D eigenvalue weighted by Gasteiger charge is 2.25. The van der Waals surface area contributed by atoms with Crippen LogP contribution < -0.4 is 10.1 Å². The predicted octanol–water partition coefficient (Wildman–Crippen LogP) is 7.32. The summed E-state index contributed by atoms with van der Waals surface area (Å²) in [5.41, 5.74) is 1.13. The molecule has 29 heavy (non-hydrogen) atoms. The molecule has 0 bridgehead atoms. The van der Waals surface area contributed by atoms with Crippen LogP contribution in [-0.2, 0) is 0 Å². The van der Waals surface area contributed by atoms with Crippen LogP contribution in [-0.4, -0.2) is 24.1 Å². The number of carbonyl (C=O) groups excluding carboxylic acids is 1. The van der Waals surface area contributed by atoms with Crippen molar-refractivity contribution in [2.75, 3.05) is 12.4 Å². The Labute approximate surface area is 200 Å². The number of ether oxygens (including phenoxy) is 1. The molecule has 150 valence electrons. The Morgan fingerprint density at radius 2 is 1.86 bits per heavy atom. The first-order valence-corrected chi connectivity index (χ1v) is 11.5. The van der Waals surface area contributed by atoms with Crippen LogP contribution in [0.5, 0.6) is 5.75 Å². The van der Waals surface area contributed by atoms with Gasteiger partial charge in [-0.1, -0.05) is 23.7 Å². The van der Waals surface area contributed by atoms with Crippen molar-refractivity contribution in [3.8, 4) is 16.2 Å². The number of nitrogens with one attached hydrogen (secondary N) is 1. The molecule has 0 aliphatic rings. The Morgan fingerprint density at radius 1 is 1.14 bits per heavy atom. The molecule has 0 unspecified atom stereocenters. The molecule has 3 aromatic rings. The number of carboxylic acid groups (broad SMARTS) is 1. The zero-order valence-electron chi connectivity index (χ0n) is 14.6. The van der Waals surface area contributed by atoms with Crippen LogP contribution in [0.4, 0.5) is 5.69 Å². The zero-order valence-corrected chi connectivity index (χ0v) is 20.9. The van der Waals surface area contributed by atoms with E-state index >= 15 is 0 Å². The Balaban J connectivity index is 2.04. The summed E-state index contributed by atoms with van der Waals surface area (Å²) in [4.78, 5) is 25.4. The molecule has 0 aliphatic carbocycles. The van der Waals surface area contributed by atoms with Gasteiger partial charge in [0.15, 0.2) is 0 Å². The van der Waals surface area contributed by atoms with E-state index in [1.807, 2.05) is 0 Å². The lowest BCUT2D eigenvalue weighted by molar-refractivity contribution is 0.0699. The highest BCUT2D eigenvalue weighted by Crippen LogP contribution is 2.41. The quantitative estimate of drug-likeness (QED) is 0.312. The molecule has 0 fully saturated rings. The molecule has 3 rings (SSSR count). The van der Waals surface area contributed by atoms with Gasteiger partial charge in [0.05, 0.1) is 32.2 Å². The van der Waals surface area contributed by atoms with Crippen LogP contribution in [0.1, 0.15) is 20.7 Å². The molecular weight excluding hydrogens is 613 g/mol. The van der Waals surface area contributed by atoms with E-state index in [1.54, 1.807) is 35.7 Å². The maximum Gasteiger partial charge on any atom is 0.339 e. The van der Waals surface area contributed by atoms with Gasteiger partial charge in [-0.3, -0.25) is 4.79 Å². The third-order valence-electron chi connectivity index (χ3n) is 3.90. The molecule has 0 radical (unpaired) electrons. The summed E-state index contributed by atoms with van der Waals surface area (Å²) < 4.78 is 6.90. The lowest BCUT2D eigenvalue weighted by Gasteiger charge is -2.13. The van der Waals surface area contributed by atoms with Crippen LogP contribution in [0.3, 0.4) is 0 Å². The summed E-state index contributed by atoms with van der Waals surface area (Å²) in [6, 6.07) is 8.57. The molecule has 1 amide bonds. The number of hydrogen-bond acceptors (Lipinski definition) is 4. The average molecular weight is 625 g/mol. The molecule has 0 spiro atoms. The van der Waals surface area contributed by atoms with E-state index in [0.717, 1.165) is 0 Å². The molecule has 0 atom stereocenters. The van der Waals surface area contributed by atoms with Gasteiger partial charge in [-0.2, -0.15) is 0 Å². The number of thiophene rings is 1. The third-order valence-corrected chi connectivity index (χ3v) is 7.13. The van der Waals surface area contributed by atoms with E-state index in [9.17, 15) is 14.7 Å². The lowest BCUT2D eigenvalue weighted by atomic mass is 10.1. The number of hydrogen-bond donors (Lipinski definition) is 2. The van der Waals surface area contributed by atoms with Gasteiger partial charge in [0, 0.05) is 14.9 Å².